The zero-order valence-corrected chi connectivity index (χ0v) is 11.2. The summed E-state index contributed by atoms with van der Waals surface area (Å²) < 4.78 is 0. The number of thiazole rings is 1. The van der Waals surface area contributed by atoms with Crippen LogP contribution in [-0.2, 0) is 11.3 Å². The van der Waals surface area contributed by atoms with E-state index in [0.29, 0.717) is 19.4 Å². The summed E-state index contributed by atoms with van der Waals surface area (Å²) in [4.78, 5) is 27.4. The van der Waals surface area contributed by atoms with Gasteiger partial charge in [0.05, 0.1) is 17.7 Å². The van der Waals surface area contributed by atoms with Crippen LogP contribution in [0.3, 0.4) is 0 Å². The van der Waals surface area contributed by atoms with Crippen LogP contribution in [0.4, 0.5) is 4.79 Å². The second-order valence-corrected chi connectivity index (χ2v) is 4.81. The summed E-state index contributed by atoms with van der Waals surface area (Å²) in [7, 11) is 0. The minimum atomic E-state index is -1.01. The first-order chi connectivity index (χ1) is 8.54. The number of aromatic nitrogens is 1. The molecule has 6 nitrogen and oxygen atoms in total. The molecular formula is C11H17N3O3S. The average Bonchev–Trinajstić information content (AvgIpc) is 2.71. The van der Waals surface area contributed by atoms with Gasteiger partial charge in [-0.1, -0.05) is 13.3 Å². The maximum atomic E-state index is 11.5. The molecule has 2 amide bonds. The minimum Gasteiger partial charge on any atom is -0.480 e. The number of amides is 2. The Hall–Kier alpha value is -1.63. The van der Waals surface area contributed by atoms with Crippen LogP contribution in [0.2, 0.25) is 0 Å². The van der Waals surface area contributed by atoms with Crippen molar-refractivity contribution >= 4 is 23.3 Å². The zero-order valence-electron chi connectivity index (χ0n) is 10.4. The van der Waals surface area contributed by atoms with Crippen LogP contribution >= 0.6 is 11.3 Å². The van der Waals surface area contributed by atoms with Crippen molar-refractivity contribution in [1.29, 1.82) is 0 Å². The van der Waals surface area contributed by atoms with E-state index < -0.39 is 18.0 Å². The maximum absolute atomic E-state index is 11.5. The Morgan fingerprint density at radius 2 is 2.28 bits per heavy atom. The van der Waals surface area contributed by atoms with E-state index in [2.05, 4.69) is 15.6 Å². The molecule has 1 rings (SSSR count). The number of carboxylic acid groups (broad SMARTS) is 1. The number of carboxylic acids is 1. The fourth-order valence-electron chi connectivity index (χ4n) is 1.41. The quantitative estimate of drug-likeness (QED) is 0.731. The van der Waals surface area contributed by atoms with Crippen molar-refractivity contribution in [2.75, 3.05) is 0 Å². The Bertz CT molecular complexity index is 419. The number of hydrogen-bond acceptors (Lipinski definition) is 4. The molecule has 0 unspecified atom stereocenters. The number of aliphatic carboxylic acids is 1. The van der Waals surface area contributed by atoms with Crippen LogP contribution in [0, 0.1) is 6.92 Å². The lowest BCUT2D eigenvalue weighted by Crippen LogP contribution is -2.45. The Labute approximate surface area is 109 Å². The third kappa shape index (κ3) is 4.33. The topological polar surface area (TPSA) is 91.3 Å². The molecule has 0 saturated heterocycles. The molecule has 100 valence electrons. The van der Waals surface area contributed by atoms with Gasteiger partial charge in [0.15, 0.2) is 0 Å². The van der Waals surface area contributed by atoms with Gasteiger partial charge in [0.25, 0.3) is 0 Å². The van der Waals surface area contributed by atoms with Crippen LogP contribution in [0.1, 0.15) is 30.3 Å². The van der Waals surface area contributed by atoms with E-state index in [4.69, 9.17) is 5.11 Å². The van der Waals surface area contributed by atoms with Gasteiger partial charge >= 0.3 is 12.0 Å². The summed E-state index contributed by atoms with van der Waals surface area (Å²) in [5.74, 6) is -1.01. The molecule has 1 aromatic heterocycles. The Balaban J connectivity index is 2.41. The van der Waals surface area contributed by atoms with E-state index in [9.17, 15) is 9.59 Å². The molecule has 0 saturated carbocycles. The van der Waals surface area contributed by atoms with Crippen molar-refractivity contribution in [2.45, 2.75) is 39.3 Å². The molecule has 1 heterocycles. The van der Waals surface area contributed by atoms with E-state index >= 15 is 0 Å². The molecule has 0 fully saturated rings. The van der Waals surface area contributed by atoms with Gasteiger partial charge in [-0.25, -0.2) is 14.6 Å². The molecule has 1 aromatic rings. The van der Waals surface area contributed by atoms with Crippen molar-refractivity contribution in [1.82, 2.24) is 15.6 Å². The van der Waals surface area contributed by atoms with Crippen LogP contribution in [0.5, 0.6) is 0 Å². The first-order valence-corrected chi connectivity index (χ1v) is 6.58. The summed E-state index contributed by atoms with van der Waals surface area (Å²) in [5, 5.41) is 14.0. The lowest BCUT2D eigenvalue weighted by Gasteiger charge is -2.14. The number of nitrogens with one attached hydrogen (secondary N) is 2. The number of aryl methyl sites for hydroxylation is 1. The third-order valence-corrected chi connectivity index (χ3v) is 3.37. The molecule has 0 aliphatic heterocycles. The van der Waals surface area contributed by atoms with Crippen molar-refractivity contribution in [2.24, 2.45) is 0 Å². The van der Waals surface area contributed by atoms with Gasteiger partial charge < -0.3 is 15.7 Å². The van der Waals surface area contributed by atoms with E-state index in [-0.39, 0.29) is 0 Å². The van der Waals surface area contributed by atoms with E-state index in [1.807, 2.05) is 13.8 Å². The highest BCUT2D eigenvalue weighted by atomic mass is 32.1. The second-order valence-electron chi connectivity index (χ2n) is 3.87. The SMILES string of the molecule is CCC[C@H](NC(=O)NCc1scnc1C)C(=O)O. The number of carbonyl (C=O) groups excluding carboxylic acids is 1. The molecule has 0 aliphatic carbocycles. The standard InChI is InChI=1S/C11H17N3O3S/c1-3-4-8(10(15)16)14-11(17)12-5-9-7(2)13-6-18-9/h6,8H,3-5H2,1-2H3,(H,15,16)(H2,12,14,17)/t8-/m0/s1. The Kier molecular flexibility index (Phi) is 5.57. The molecule has 0 bridgehead atoms. The number of hydrogen-bond donors (Lipinski definition) is 3. The van der Waals surface area contributed by atoms with Gasteiger partial charge in [0, 0.05) is 4.88 Å². The second kappa shape index (κ2) is 6.95. The first-order valence-electron chi connectivity index (χ1n) is 5.70. The smallest absolute Gasteiger partial charge is 0.326 e. The predicted molar refractivity (Wildman–Crippen MR) is 68.6 cm³/mol. The van der Waals surface area contributed by atoms with E-state index in [0.717, 1.165) is 10.6 Å². The molecule has 0 aromatic carbocycles. The van der Waals surface area contributed by atoms with Crippen LogP contribution in [0.25, 0.3) is 0 Å². The largest absolute Gasteiger partial charge is 0.480 e. The highest BCUT2D eigenvalue weighted by molar-refractivity contribution is 7.09. The predicted octanol–water partition coefficient (Wildman–Crippen LogP) is 1.50. The maximum Gasteiger partial charge on any atom is 0.326 e. The van der Waals surface area contributed by atoms with E-state index in [1.165, 1.54) is 11.3 Å². The Morgan fingerprint density at radius 1 is 1.56 bits per heavy atom. The van der Waals surface area contributed by atoms with Crippen LogP contribution < -0.4 is 10.6 Å². The molecule has 18 heavy (non-hydrogen) atoms. The summed E-state index contributed by atoms with van der Waals surface area (Å²) in [6.07, 6.45) is 1.12. The summed E-state index contributed by atoms with van der Waals surface area (Å²) in [5.41, 5.74) is 2.59. The lowest BCUT2D eigenvalue weighted by atomic mass is 10.2. The number of urea groups is 1. The monoisotopic (exact) mass is 271 g/mol. The van der Waals surface area contributed by atoms with Crippen molar-refractivity contribution in [3.05, 3.63) is 16.1 Å². The minimum absolute atomic E-state index is 0.362. The van der Waals surface area contributed by atoms with Crippen LogP contribution in [-0.4, -0.2) is 28.1 Å². The molecule has 3 N–H and O–H groups in total. The summed E-state index contributed by atoms with van der Waals surface area (Å²) >= 11 is 1.46. The van der Waals surface area contributed by atoms with Gasteiger partial charge in [0.2, 0.25) is 0 Å². The molecule has 0 radical (unpaired) electrons. The van der Waals surface area contributed by atoms with Crippen molar-refractivity contribution in [3.63, 3.8) is 0 Å². The van der Waals surface area contributed by atoms with Gasteiger partial charge in [-0.05, 0) is 13.3 Å². The van der Waals surface area contributed by atoms with Gasteiger partial charge in [-0.2, -0.15) is 0 Å². The molecule has 0 aliphatic rings. The van der Waals surface area contributed by atoms with Gasteiger partial charge in [-0.15, -0.1) is 11.3 Å². The average molecular weight is 271 g/mol. The molecule has 0 spiro atoms. The van der Waals surface area contributed by atoms with Gasteiger partial charge in [-0.3, -0.25) is 0 Å². The van der Waals surface area contributed by atoms with Crippen LogP contribution in [0.15, 0.2) is 5.51 Å². The third-order valence-electron chi connectivity index (χ3n) is 2.44. The fourth-order valence-corrected chi connectivity index (χ4v) is 2.13. The zero-order chi connectivity index (χ0) is 13.5. The lowest BCUT2D eigenvalue weighted by molar-refractivity contribution is -0.139. The summed E-state index contributed by atoms with van der Waals surface area (Å²) in [6, 6.07) is -1.30. The number of carbonyl (C=O) groups is 2. The molecule has 7 heteroatoms. The molecule has 1 atom stereocenters. The van der Waals surface area contributed by atoms with Crippen molar-refractivity contribution < 1.29 is 14.7 Å². The summed E-state index contributed by atoms with van der Waals surface area (Å²) in [6.45, 7) is 4.10. The van der Waals surface area contributed by atoms with Crippen molar-refractivity contribution in [3.8, 4) is 0 Å². The normalized spacial score (nSPS) is 11.9. The highest BCUT2D eigenvalue weighted by Crippen LogP contribution is 2.11. The first kappa shape index (κ1) is 14.4. The number of rotatable bonds is 6. The molecular weight excluding hydrogens is 254 g/mol. The Morgan fingerprint density at radius 3 is 2.78 bits per heavy atom. The fraction of sp³-hybridized carbons (Fsp3) is 0.545. The number of nitrogens with zero attached hydrogens (tertiary/aromatic N) is 1. The van der Waals surface area contributed by atoms with E-state index in [1.54, 1.807) is 5.51 Å². The highest BCUT2D eigenvalue weighted by Gasteiger charge is 2.18. The van der Waals surface area contributed by atoms with Gasteiger partial charge in [0.1, 0.15) is 6.04 Å².